The van der Waals surface area contributed by atoms with Gasteiger partial charge in [-0.2, -0.15) is 0 Å². The zero-order chi connectivity index (χ0) is 20.4. The molecule has 0 amide bonds. The minimum Gasteiger partial charge on any atom is -0.390 e. The number of sulfone groups is 1. The minimum atomic E-state index is -3.46. The van der Waals surface area contributed by atoms with Crippen LogP contribution in [0.3, 0.4) is 0 Å². The van der Waals surface area contributed by atoms with Gasteiger partial charge in [-0.25, -0.2) is 8.42 Å². The Labute approximate surface area is 173 Å². The molecular weight excluding hydrogens is 396 g/mol. The van der Waals surface area contributed by atoms with Crippen LogP contribution in [0.5, 0.6) is 0 Å². The first-order chi connectivity index (χ1) is 13.4. The highest BCUT2D eigenvalue weighted by Crippen LogP contribution is 2.18. The van der Waals surface area contributed by atoms with E-state index in [1.807, 2.05) is 6.92 Å². The van der Waals surface area contributed by atoms with Gasteiger partial charge in [0.25, 0.3) is 0 Å². The van der Waals surface area contributed by atoms with Crippen LogP contribution in [0.2, 0.25) is 0 Å². The van der Waals surface area contributed by atoms with Gasteiger partial charge < -0.3 is 20.6 Å². The van der Waals surface area contributed by atoms with Gasteiger partial charge in [-0.05, 0) is 51.1 Å². The van der Waals surface area contributed by atoms with Crippen molar-refractivity contribution in [1.29, 1.82) is 0 Å². The van der Waals surface area contributed by atoms with E-state index in [4.69, 9.17) is 0 Å². The summed E-state index contributed by atoms with van der Waals surface area (Å²) in [5, 5.41) is 18.3. The van der Waals surface area contributed by atoms with Crippen molar-refractivity contribution in [1.82, 2.24) is 15.5 Å². The van der Waals surface area contributed by atoms with Crippen LogP contribution in [0.25, 0.3) is 0 Å². The van der Waals surface area contributed by atoms with E-state index >= 15 is 0 Å². The van der Waals surface area contributed by atoms with E-state index in [2.05, 4.69) is 27.4 Å². The summed E-state index contributed by atoms with van der Waals surface area (Å²) in [6, 6.07) is 3.92. The summed E-state index contributed by atoms with van der Waals surface area (Å²) in [4.78, 5) is 6.88. The van der Waals surface area contributed by atoms with Gasteiger partial charge in [-0.15, -0.1) is 11.3 Å². The molecule has 0 radical (unpaired) electrons. The number of likely N-dealkylation sites (tertiary alicyclic amines) is 1. The molecule has 0 spiro atoms. The topological polar surface area (TPSA) is 94.0 Å². The summed E-state index contributed by atoms with van der Waals surface area (Å²) in [5.74, 6) is 0.297. The SMILES string of the molecule is CCNC(=NCC(O)CS(=O)(=O)c1cccs1)NCCCN1CCCCC1C. The molecule has 0 bridgehead atoms. The van der Waals surface area contributed by atoms with Crippen LogP contribution in [0.4, 0.5) is 0 Å². The van der Waals surface area contributed by atoms with E-state index in [-0.39, 0.29) is 16.5 Å². The van der Waals surface area contributed by atoms with Crippen LogP contribution in [0.15, 0.2) is 26.7 Å². The Kier molecular flexibility index (Phi) is 9.70. The molecule has 7 nitrogen and oxygen atoms in total. The molecule has 2 rings (SSSR count). The second-order valence-electron chi connectivity index (χ2n) is 7.25. The lowest BCUT2D eigenvalue weighted by Crippen LogP contribution is -2.41. The predicted molar refractivity (Wildman–Crippen MR) is 116 cm³/mol. The Bertz CT molecular complexity index is 692. The molecule has 1 aromatic heterocycles. The highest BCUT2D eigenvalue weighted by molar-refractivity contribution is 7.93. The molecule has 3 N–H and O–H groups in total. The van der Waals surface area contributed by atoms with Gasteiger partial charge in [0, 0.05) is 25.7 Å². The average molecular weight is 431 g/mol. The molecule has 2 heterocycles. The summed E-state index contributed by atoms with van der Waals surface area (Å²) in [7, 11) is -3.46. The fourth-order valence-corrected chi connectivity index (χ4v) is 5.81. The van der Waals surface area contributed by atoms with E-state index in [9.17, 15) is 13.5 Å². The van der Waals surface area contributed by atoms with E-state index in [0.29, 0.717) is 18.5 Å². The smallest absolute Gasteiger partial charge is 0.191 e. The Balaban J connectivity index is 1.76. The number of hydrogen-bond donors (Lipinski definition) is 3. The first kappa shape index (κ1) is 23.1. The van der Waals surface area contributed by atoms with Gasteiger partial charge in [0.1, 0.15) is 4.21 Å². The van der Waals surface area contributed by atoms with Crippen molar-refractivity contribution in [2.24, 2.45) is 4.99 Å². The summed E-state index contributed by atoms with van der Waals surface area (Å²) in [5.41, 5.74) is 0. The Morgan fingerprint density at radius 2 is 2.25 bits per heavy atom. The number of aliphatic hydroxyl groups is 1. The van der Waals surface area contributed by atoms with E-state index in [0.717, 1.165) is 19.5 Å². The zero-order valence-corrected chi connectivity index (χ0v) is 18.6. The summed E-state index contributed by atoms with van der Waals surface area (Å²) >= 11 is 1.17. The van der Waals surface area contributed by atoms with Gasteiger partial charge in [0.15, 0.2) is 15.8 Å². The molecule has 0 saturated carbocycles. The van der Waals surface area contributed by atoms with Crippen molar-refractivity contribution < 1.29 is 13.5 Å². The highest BCUT2D eigenvalue weighted by atomic mass is 32.2. The van der Waals surface area contributed by atoms with E-state index < -0.39 is 15.9 Å². The number of hydrogen-bond acceptors (Lipinski definition) is 6. The fourth-order valence-electron chi connectivity index (χ4n) is 3.35. The minimum absolute atomic E-state index is 0.0447. The molecule has 9 heteroatoms. The predicted octanol–water partition coefficient (Wildman–Crippen LogP) is 1.70. The molecule has 1 fully saturated rings. The second-order valence-corrected chi connectivity index (χ2v) is 10.5. The largest absolute Gasteiger partial charge is 0.390 e. The van der Waals surface area contributed by atoms with E-state index in [1.54, 1.807) is 17.5 Å². The van der Waals surface area contributed by atoms with Crippen LogP contribution < -0.4 is 10.6 Å². The number of nitrogens with zero attached hydrogens (tertiary/aromatic N) is 2. The molecule has 1 aliphatic heterocycles. The molecule has 2 atom stereocenters. The van der Waals surface area contributed by atoms with Crippen molar-refractivity contribution in [3.05, 3.63) is 17.5 Å². The lowest BCUT2D eigenvalue weighted by molar-refractivity contribution is 0.159. The Morgan fingerprint density at radius 3 is 2.93 bits per heavy atom. The zero-order valence-electron chi connectivity index (χ0n) is 16.9. The van der Waals surface area contributed by atoms with Crippen molar-refractivity contribution >= 4 is 27.1 Å². The summed E-state index contributed by atoms with van der Waals surface area (Å²) in [6.45, 7) is 8.06. The highest BCUT2D eigenvalue weighted by Gasteiger charge is 2.21. The van der Waals surface area contributed by atoms with Gasteiger partial charge in [0.05, 0.1) is 18.4 Å². The van der Waals surface area contributed by atoms with E-state index in [1.165, 1.54) is 37.1 Å². The van der Waals surface area contributed by atoms with Crippen LogP contribution in [-0.4, -0.2) is 75.0 Å². The maximum Gasteiger partial charge on any atom is 0.191 e. The summed E-state index contributed by atoms with van der Waals surface area (Å²) < 4.78 is 24.7. The molecular formula is C19H34N4O3S2. The Morgan fingerprint density at radius 1 is 1.43 bits per heavy atom. The lowest BCUT2D eigenvalue weighted by Gasteiger charge is -2.33. The molecule has 1 aliphatic rings. The molecule has 0 aromatic carbocycles. The monoisotopic (exact) mass is 430 g/mol. The number of nitrogens with one attached hydrogen (secondary N) is 2. The maximum absolute atomic E-state index is 12.2. The van der Waals surface area contributed by atoms with Gasteiger partial charge in [0.2, 0.25) is 0 Å². The molecule has 2 unspecified atom stereocenters. The molecule has 1 aromatic rings. The molecule has 28 heavy (non-hydrogen) atoms. The number of thiophene rings is 1. The fraction of sp³-hybridized carbons (Fsp3) is 0.737. The maximum atomic E-state index is 12.2. The van der Waals surface area contributed by atoms with Crippen molar-refractivity contribution in [2.75, 3.05) is 38.5 Å². The normalized spacial score (nSPS) is 20.1. The second kappa shape index (κ2) is 11.7. The lowest BCUT2D eigenvalue weighted by atomic mass is 10.0. The third-order valence-corrected chi connectivity index (χ3v) is 8.16. The third-order valence-electron chi connectivity index (χ3n) is 4.87. The number of aliphatic hydroxyl groups excluding tert-OH is 1. The quantitative estimate of drug-likeness (QED) is 0.297. The van der Waals surface area contributed by atoms with Crippen LogP contribution in [0, 0.1) is 0 Å². The average Bonchev–Trinajstić information content (AvgIpc) is 3.20. The van der Waals surface area contributed by atoms with Gasteiger partial charge in [-0.3, -0.25) is 4.99 Å². The number of rotatable bonds is 10. The number of piperidine rings is 1. The van der Waals surface area contributed by atoms with Gasteiger partial charge in [-0.1, -0.05) is 12.5 Å². The van der Waals surface area contributed by atoms with Crippen LogP contribution in [-0.2, 0) is 9.84 Å². The Hall–Kier alpha value is -1.16. The number of aliphatic imine (C=N–C) groups is 1. The van der Waals surface area contributed by atoms with Crippen molar-refractivity contribution in [3.63, 3.8) is 0 Å². The standard InChI is InChI=1S/C19H34N4O3S2/c1-3-20-19(21-10-7-12-23-11-5-4-8-16(23)2)22-14-17(24)15-28(25,26)18-9-6-13-27-18/h6,9,13,16-17,24H,3-5,7-8,10-12,14-15H2,1-2H3,(H2,20,21,22). The van der Waals surface area contributed by atoms with Crippen molar-refractivity contribution in [2.45, 2.75) is 55.9 Å². The van der Waals surface area contributed by atoms with Crippen molar-refractivity contribution in [3.8, 4) is 0 Å². The van der Waals surface area contributed by atoms with Gasteiger partial charge >= 0.3 is 0 Å². The summed E-state index contributed by atoms with van der Waals surface area (Å²) in [6.07, 6.45) is 3.89. The van der Waals surface area contributed by atoms with Crippen LogP contribution >= 0.6 is 11.3 Å². The molecule has 1 saturated heterocycles. The number of guanidine groups is 1. The van der Waals surface area contributed by atoms with Crippen LogP contribution in [0.1, 0.15) is 39.5 Å². The molecule has 0 aliphatic carbocycles. The first-order valence-corrected chi connectivity index (χ1v) is 12.7. The first-order valence-electron chi connectivity index (χ1n) is 10.1. The third kappa shape index (κ3) is 7.69. The molecule has 160 valence electrons.